The number of rotatable bonds is 5. The van der Waals surface area contributed by atoms with Crippen LogP contribution in [0.25, 0.3) is 0 Å². The summed E-state index contributed by atoms with van der Waals surface area (Å²) in [6, 6.07) is -0.823. The second-order valence-corrected chi connectivity index (χ2v) is 6.18. The van der Waals surface area contributed by atoms with Gasteiger partial charge in [0, 0.05) is 13.6 Å². The maximum atomic E-state index is 12.9. The Morgan fingerprint density at radius 1 is 1.30 bits per heavy atom. The van der Waals surface area contributed by atoms with E-state index in [0.717, 1.165) is 31.4 Å². The predicted octanol–water partition coefficient (Wildman–Crippen LogP) is 0.589. The topological polar surface area (TPSA) is 80.4 Å². The van der Waals surface area contributed by atoms with Crippen molar-refractivity contribution in [3.63, 3.8) is 0 Å². The van der Waals surface area contributed by atoms with Gasteiger partial charge in [-0.25, -0.2) is 9.37 Å². The highest BCUT2D eigenvalue weighted by Crippen LogP contribution is 2.21. The molecule has 0 radical (unpaired) electrons. The normalized spacial score (nSPS) is 23.5. The number of amidine groups is 1. The van der Waals surface area contributed by atoms with Crippen molar-refractivity contribution in [1.82, 2.24) is 15.2 Å². The van der Waals surface area contributed by atoms with E-state index in [9.17, 15) is 9.59 Å². The number of nitrogens with one attached hydrogen (secondary N) is 1. The van der Waals surface area contributed by atoms with Gasteiger partial charge in [-0.3, -0.25) is 14.6 Å². The molecule has 1 N–H and O–H groups in total. The number of guanidine groups is 1. The average Bonchev–Trinajstić information content (AvgIpc) is 2.91. The Bertz CT molecular complexity index is 636. The molecule has 1 saturated heterocycles. The van der Waals surface area contributed by atoms with Crippen molar-refractivity contribution >= 4 is 29.4 Å². The largest absolute Gasteiger partial charge is 0.414 e. The molecule has 0 bridgehead atoms. The number of likely N-dealkylation sites (N-methyl/N-ethyl adjacent to an activating group) is 1. The number of hydrogen-bond donors (Lipinski definition) is 1. The second-order valence-electron chi connectivity index (χ2n) is 6.18. The maximum absolute atomic E-state index is 12.9. The fourth-order valence-corrected chi connectivity index (χ4v) is 3.10. The summed E-state index contributed by atoms with van der Waals surface area (Å²) in [7, 11) is 1.67. The van der Waals surface area contributed by atoms with Crippen LogP contribution in [0, 0.1) is 0 Å². The molecule has 3 aliphatic heterocycles. The molecule has 124 valence electrons. The van der Waals surface area contributed by atoms with Gasteiger partial charge in [0.2, 0.25) is 11.9 Å². The lowest BCUT2D eigenvalue weighted by Crippen LogP contribution is -2.63. The third-order valence-electron chi connectivity index (χ3n) is 4.39. The first-order chi connectivity index (χ1) is 11.0. The monoisotopic (exact) mass is 319 g/mol. The second kappa shape index (κ2) is 6.10. The van der Waals surface area contributed by atoms with Gasteiger partial charge in [0.05, 0.1) is 5.71 Å². The first kappa shape index (κ1) is 15.6. The summed E-state index contributed by atoms with van der Waals surface area (Å²) >= 11 is 0. The quantitative estimate of drug-likeness (QED) is 0.595. The van der Waals surface area contributed by atoms with Crippen LogP contribution >= 0.6 is 0 Å². The van der Waals surface area contributed by atoms with Gasteiger partial charge in [0.1, 0.15) is 6.54 Å². The summed E-state index contributed by atoms with van der Waals surface area (Å²) in [6.07, 6.45) is 4.11. The highest BCUT2D eigenvalue weighted by Gasteiger charge is 2.52. The number of hydrazone groups is 1. The zero-order chi connectivity index (χ0) is 16.6. The number of amides is 3. The van der Waals surface area contributed by atoms with E-state index in [1.807, 2.05) is 11.5 Å². The first-order valence-electron chi connectivity index (χ1n) is 8.15. The van der Waals surface area contributed by atoms with Crippen molar-refractivity contribution in [3.8, 4) is 0 Å². The molecular weight excluding hydrogens is 296 g/mol. The van der Waals surface area contributed by atoms with Crippen molar-refractivity contribution < 1.29 is 14.2 Å². The number of unbranched alkanes of at least 4 members (excludes halogenated alkanes) is 3. The van der Waals surface area contributed by atoms with Gasteiger partial charge < -0.3 is 0 Å². The van der Waals surface area contributed by atoms with E-state index in [-0.39, 0.29) is 11.9 Å². The van der Waals surface area contributed by atoms with Gasteiger partial charge in [-0.2, -0.15) is 5.43 Å². The molecule has 23 heavy (non-hydrogen) atoms. The molecular formula is C15H23N6O2+. The Balaban J connectivity index is 1.79. The van der Waals surface area contributed by atoms with E-state index in [1.54, 1.807) is 7.05 Å². The molecule has 0 aliphatic carbocycles. The highest BCUT2D eigenvalue weighted by molar-refractivity contribution is 6.23. The van der Waals surface area contributed by atoms with Crippen LogP contribution in [-0.2, 0) is 4.79 Å². The van der Waals surface area contributed by atoms with Crippen molar-refractivity contribution in [1.29, 1.82) is 0 Å². The standard InChI is InChI=1S/C15H22N6O2/c1-4-5-6-7-8-20-13(22)11-12(19(3)15(20)23)16-14-18-17-10(2)9-21(11)14/h11H,4-9H2,1-3H3/p+1. The predicted molar refractivity (Wildman–Crippen MR) is 86.6 cm³/mol. The van der Waals surface area contributed by atoms with Crippen LogP contribution in [0.5, 0.6) is 0 Å². The van der Waals surface area contributed by atoms with Gasteiger partial charge in [0.25, 0.3) is 5.91 Å². The molecule has 1 unspecified atom stereocenters. The summed E-state index contributed by atoms with van der Waals surface area (Å²) in [5.74, 6) is 0.837. The van der Waals surface area contributed by atoms with Crippen molar-refractivity contribution in [3.05, 3.63) is 0 Å². The third-order valence-corrected chi connectivity index (χ3v) is 4.39. The zero-order valence-electron chi connectivity index (χ0n) is 13.9. The Hall–Kier alpha value is -2.25. The molecule has 3 heterocycles. The molecule has 8 heteroatoms. The summed E-state index contributed by atoms with van der Waals surface area (Å²) < 4.78 is 1.88. The number of hydrogen-bond acceptors (Lipinski definition) is 5. The number of carbonyl (C=O) groups excluding carboxylic acids is 2. The zero-order valence-corrected chi connectivity index (χ0v) is 13.9. The number of carbonyl (C=O) groups is 2. The number of imide groups is 1. The van der Waals surface area contributed by atoms with Crippen molar-refractivity contribution in [2.75, 3.05) is 20.1 Å². The molecule has 3 amide bonds. The molecule has 0 spiro atoms. The number of aliphatic imine (C=N–C) groups is 1. The van der Waals surface area contributed by atoms with E-state index in [1.165, 1.54) is 9.80 Å². The molecule has 1 fully saturated rings. The van der Waals surface area contributed by atoms with E-state index >= 15 is 0 Å². The Kier molecular flexibility index (Phi) is 4.14. The average molecular weight is 319 g/mol. The Morgan fingerprint density at radius 2 is 2.09 bits per heavy atom. The summed E-state index contributed by atoms with van der Waals surface area (Å²) in [4.78, 5) is 32.6. The van der Waals surface area contributed by atoms with Crippen LogP contribution in [0.2, 0.25) is 0 Å². The van der Waals surface area contributed by atoms with Gasteiger partial charge in [-0.1, -0.05) is 31.2 Å². The lowest BCUT2D eigenvalue weighted by Gasteiger charge is -2.34. The van der Waals surface area contributed by atoms with Crippen molar-refractivity contribution in [2.24, 2.45) is 10.1 Å². The molecule has 0 saturated carbocycles. The van der Waals surface area contributed by atoms with Crippen LogP contribution in [0.15, 0.2) is 10.1 Å². The number of urea groups is 1. The Labute approximate surface area is 135 Å². The van der Waals surface area contributed by atoms with Crippen LogP contribution in [-0.4, -0.2) is 70.0 Å². The molecule has 0 aromatic rings. The van der Waals surface area contributed by atoms with Gasteiger partial charge in [-0.15, -0.1) is 5.10 Å². The first-order valence-corrected chi connectivity index (χ1v) is 8.15. The molecule has 0 aromatic heterocycles. The molecule has 8 nitrogen and oxygen atoms in total. The van der Waals surface area contributed by atoms with Crippen LogP contribution in [0.4, 0.5) is 4.79 Å². The van der Waals surface area contributed by atoms with Crippen LogP contribution in [0.1, 0.15) is 39.5 Å². The van der Waals surface area contributed by atoms with Crippen LogP contribution in [0.3, 0.4) is 0 Å². The molecule has 3 rings (SSSR count). The van der Waals surface area contributed by atoms with E-state index in [0.29, 0.717) is 24.9 Å². The van der Waals surface area contributed by atoms with Gasteiger partial charge in [0.15, 0.2) is 0 Å². The minimum atomic E-state index is -0.531. The fraction of sp³-hybridized carbons (Fsp3) is 0.667. The molecule has 3 aliphatic rings. The molecule has 0 aromatic carbocycles. The molecule has 1 atom stereocenters. The lowest BCUT2D eigenvalue weighted by molar-refractivity contribution is -0.524. The summed E-state index contributed by atoms with van der Waals surface area (Å²) in [5, 5.41) is 4.14. The van der Waals surface area contributed by atoms with Gasteiger partial charge in [-0.05, 0) is 13.3 Å². The lowest BCUT2D eigenvalue weighted by atomic mass is 10.1. The highest BCUT2D eigenvalue weighted by atomic mass is 16.2. The third kappa shape index (κ3) is 2.62. The van der Waals surface area contributed by atoms with Gasteiger partial charge >= 0.3 is 12.0 Å². The van der Waals surface area contributed by atoms with E-state index < -0.39 is 6.04 Å². The fourth-order valence-electron chi connectivity index (χ4n) is 3.10. The Morgan fingerprint density at radius 3 is 2.83 bits per heavy atom. The van der Waals surface area contributed by atoms with E-state index in [4.69, 9.17) is 0 Å². The smallest absolute Gasteiger partial charge is 0.270 e. The maximum Gasteiger partial charge on any atom is 0.414 e. The van der Waals surface area contributed by atoms with Crippen LogP contribution < -0.4 is 5.43 Å². The number of fused-ring (bicyclic) bond motifs is 2. The minimum Gasteiger partial charge on any atom is -0.270 e. The SMILES string of the molecule is CCCCCCN1C(=O)C2C(=NC3=[N+]2CC(C)=NN3)N(C)C1=O. The summed E-state index contributed by atoms with van der Waals surface area (Å²) in [6.45, 7) is 5.04. The minimum absolute atomic E-state index is 0.185. The van der Waals surface area contributed by atoms with E-state index in [2.05, 4.69) is 22.4 Å². The summed E-state index contributed by atoms with van der Waals surface area (Å²) in [5.41, 5.74) is 3.73. The van der Waals surface area contributed by atoms with Crippen molar-refractivity contribution in [2.45, 2.75) is 45.6 Å². The number of nitrogens with zero attached hydrogens (tertiary/aromatic N) is 5.